The molecule has 1 aromatic carbocycles. The Balaban J connectivity index is 1.87. The number of halogens is 2. The Morgan fingerprint density at radius 1 is 1.23 bits per heavy atom. The van der Waals surface area contributed by atoms with Gasteiger partial charge < -0.3 is 15.0 Å². The quantitative estimate of drug-likeness (QED) is 0.883. The third-order valence-electron chi connectivity index (χ3n) is 4.31. The maximum absolute atomic E-state index is 13.8. The Kier molecular flexibility index (Phi) is 6.21. The Morgan fingerprint density at radius 3 is 2.38 bits per heavy atom. The van der Waals surface area contributed by atoms with Gasteiger partial charge in [0.1, 0.15) is 17.2 Å². The molecule has 0 radical (unpaired) electrons. The molecule has 1 N–H and O–H groups in total. The lowest BCUT2D eigenvalue weighted by Gasteiger charge is -2.33. The third-order valence-corrected chi connectivity index (χ3v) is 4.31. The Morgan fingerprint density at radius 2 is 1.85 bits per heavy atom. The van der Waals surface area contributed by atoms with Gasteiger partial charge in [0, 0.05) is 30.6 Å². The van der Waals surface area contributed by atoms with E-state index in [0.29, 0.717) is 25.9 Å². The zero-order valence-corrected chi connectivity index (χ0v) is 15.6. The van der Waals surface area contributed by atoms with Crippen LogP contribution < -0.4 is 5.32 Å². The molecule has 0 saturated carbocycles. The fourth-order valence-corrected chi connectivity index (χ4v) is 2.91. The van der Waals surface area contributed by atoms with Crippen LogP contribution in [0.4, 0.5) is 13.6 Å². The number of benzene rings is 1. The predicted octanol–water partition coefficient (Wildman–Crippen LogP) is 3.79. The van der Waals surface area contributed by atoms with Gasteiger partial charge >= 0.3 is 6.09 Å². The lowest BCUT2D eigenvalue weighted by molar-refractivity contribution is -0.127. The molecule has 0 spiro atoms. The molecule has 0 unspecified atom stereocenters. The van der Waals surface area contributed by atoms with Crippen molar-refractivity contribution in [1.82, 2.24) is 10.2 Å². The van der Waals surface area contributed by atoms with E-state index in [0.717, 1.165) is 6.07 Å². The molecular weight excluding hydrogens is 342 g/mol. The molecule has 1 saturated heterocycles. The first kappa shape index (κ1) is 20.1. The number of nitrogens with one attached hydrogen (secondary N) is 1. The van der Waals surface area contributed by atoms with Gasteiger partial charge in [-0.3, -0.25) is 4.79 Å². The minimum atomic E-state index is -0.683. The third kappa shape index (κ3) is 5.41. The van der Waals surface area contributed by atoms with Gasteiger partial charge in [-0.2, -0.15) is 0 Å². The van der Waals surface area contributed by atoms with Crippen LogP contribution in [0.3, 0.4) is 0 Å². The number of carbonyl (C=O) groups is 2. The molecule has 2 amide bonds. The number of amides is 2. The SMILES string of the molecule is C[C@H](NC(=O)C1CCN(C(=O)OC(C)(C)C)CC1)c1ccc(F)cc1F. The first-order chi connectivity index (χ1) is 12.1. The van der Waals surface area contributed by atoms with Gasteiger partial charge in [0.2, 0.25) is 5.91 Å². The average molecular weight is 368 g/mol. The Labute approximate surface area is 152 Å². The van der Waals surface area contributed by atoms with Crippen molar-refractivity contribution < 1.29 is 23.1 Å². The number of carbonyl (C=O) groups excluding carboxylic acids is 2. The summed E-state index contributed by atoms with van der Waals surface area (Å²) in [5.41, 5.74) is -0.314. The number of rotatable bonds is 3. The maximum atomic E-state index is 13.8. The van der Waals surface area contributed by atoms with Crippen molar-refractivity contribution >= 4 is 12.0 Å². The topological polar surface area (TPSA) is 58.6 Å². The lowest BCUT2D eigenvalue weighted by atomic mass is 9.95. The summed E-state index contributed by atoms with van der Waals surface area (Å²) in [7, 11) is 0. The normalized spacial score (nSPS) is 16.9. The summed E-state index contributed by atoms with van der Waals surface area (Å²) >= 11 is 0. The minimum absolute atomic E-state index is 0.190. The van der Waals surface area contributed by atoms with E-state index < -0.39 is 23.3 Å². The van der Waals surface area contributed by atoms with Gasteiger partial charge in [0.25, 0.3) is 0 Å². The van der Waals surface area contributed by atoms with Crippen LogP contribution in [0.25, 0.3) is 0 Å². The highest BCUT2D eigenvalue weighted by atomic mass is 19.1. The second kappa shape index (κ2) is 8.01. The van der Waals surface area contributed by atoms with Crippen LogP contribution in [0, 0.1) is 17.6 Å². The van der Waals surface area contributed by atoms with Crippen molar-refractivity contribution in [2.45, 2.75) is 52.2 Å². The summed E-state index contributed by atoms with van der Waals surface area (Å²) in [5.74, 6) is -1.78. The summed E-state index contributed by atoms with van der Waals surface area (Å²) in [5, 5.41) is 2.77. The number of nitrogens with zero attached hydrogens (tertiary/aromatic N) is 1. The second-order valence-electron chi connectivity index (χ2n) is 7.64. The summed E-state index contributed by atoms with van der Waals surface area (Å²) in [6.45, 7) is 7.95. The van der Waals surface area contributed by atoms with Gasteiger partial charge in [-0.05, 0) is 46.6 Å². The van der Waals surface area contributed by atoms with E-state index >= 15 is 0 Å². The van der Waals surface area contributed by atoms with Crippen molar-refractivity contribution in [2.75, 3.05) is 13.1 Å². The van der Waals surface area contributed by atoms with Crippen LogP contribution in [0.15, 0.2) is 18.2 Å². The van der Waals surface area contributed by atoms with Crippen molar-refractivity contribution in [3.05, 3.63) is 35.4 Å². The van der Waals surface area contributed by atoms with Crippen LogP contribution in [-0.4, -0.2) is 35.6 Å². The summed E-state index contributed by atoms with van der Waals surface area (Å²) < 4.78 is 32.2. The van der Waals surface area contributed by atoms with Crippen molar-refractivity contribution in [3.8, 4) is 0 Å². The van der Waals surface area contributed by atoms with Crippen LogP contribution in [-0.2, 0) is 9.53 Å². The number of ether oxygens (including phenoxy) is 1. The molecule has 0 aromatic heterocycles. The zero-order chi connectivity index (χ0) is 19.5. The molecule has 0 aliphatic carbocycles. The second-order valence-corrected chi connectivity index (χ2v) is 7.64. The van der Waals surface area contributed by atoms with Gasteiger partial charge in [0.05, 0.1) is 6.04 Å². The predicted molar refractivity (Wildman–Crippen MR) is 93.4 cm³/mol. The molecule has 144 valence electrons. The van der Waals surface area contributed by atoms with Crippen LogP contribution >= 0.6 is 0 Å². The van der Waals surface area contributed by atoms with Crippen LogP contribution in [0.5, 0.6) is 0 Å². The Hall–Kier alpha value is -2.18. The minimum Gasteiger partial charge on any atom is -0.444 e. The molecular formula is C19H26F2N2O3. The highest BCUT2D eigenvalue weighted by molar-refractivity contribution is 5.79. The number of hydrogen-bond donors (Lipinski definition) is 1. The van der Waals surface area contributed by atoms with Crippen molar-refractivity contribution in [1.29, 1.82) is 0 Å². The van der Waals surface area contributed by atoms with Gasteiger partial charge in [-0.1, -0.05) is 6.07 Å². The van der Waals surface area contributed by atoms with E-state index in [1.165, 1.54) is 12.1 Å². The lowest BCUT2D eigenvalue weighted by Crippen LogP contribution is -2.45. The molecule has 5 nitrogen and oxygen atoms in total. The molecule has 7 heteroatoms. The summed E-state index contributed by atoms with van der Waals surface area (Å²) in [6, 6.07) is 2.74. The molecule has 2 rings (SSSR count). The number of piperidine rings is 1. The summed E-state index contributed by atoms with van der Waals surface area (Å²) in [6.07, 6.45) is 0.658. The van der Waals surface area contributed by atoms with Gasteiger partial charge in [-0.15, -0.1) is 0 Å². The molecule has 1 aliphatic rings. The molecule has 1 fully saturated rings. The fourth-order valence-electron chi connectivity index (χ4n) is 2.91. The standard InChI is InChI=1S/C19H26F2N2O3/c1-12(15-6-5-14(20)11-16(15)21)22-17(24)13-7-9-23(10-8-13)18(25)26-19(2,3)4/h5-6,11-13H,7-10H2,1-4H3,(H,22,24)/t12-/m0/s1. The van der Waals surface area contributed by atoms with E-state index in [-0.39, 0.29) is 23.5 Å². The molecule has 26 heavy (non-hydrogen) atoms. The molecule has 1 atom stereocenters. The highest BCUT2D eigenvalue weighted by Crippen LogP contribution is 2.22. The van der Waals surface area contributed by atoms with Crippen LogP contribution in [0.2, 0.25) is 0 Å². The van der Waals surface area contributed by atoms with E-state index in [4.69, 9.17) is 4.74 Å². The van der Waals surface area contributed by atoms with E-state index in [9.17, 15) is 18.4 Å². The highest BCUT2D eigenvalue weighted by Gasteiger charge is 2.30. The van der Waals surface area contributed by atoms with Crippen molar-refractivity contribution in [3.63, 3.8) is 0 Å². The average Bonchev–Trinajstić information content (AvgIpc) is 2.53. The molecule has 0 bridgehead atoms. The maximum Gasteiger partial charge on any atom is 0.410 e. The fraction of sp³-hybridized carbons (Fsp3) is 0.579. The first-order valence-corrected chi connectivity index (χ1v) is 8.80. The number of hydrogen-bond acceptors (Lipinski definition) is 3. The number of likely N-dealkylation sites (tertiary alicyclic amines) is 1. The monoisotopic (exact) mass is 368 g/mol. The molecule has 1 aliphatic heterocycles. The summed E-state index contributed by atoms with van der Waals surface area (Å²) in [4.78, 5) is 26.1. The van der Waals surface area contributed by atoms with E-state index in [1.54, 1.807) is 32.6 Å². The zero-order valence-electron chi connectivity index (χ0n) is 15.6. The molecule has 1 heterocycles. The Bertz CT molecular complexity index is 665. The van der Waals surface area contributed by atoms with E-state index in [1.807, 2.05) is 0 Å². The largest absolute Gasteiger partial charge is 0.444 e. The van der Waals surface area contributed by atoms with E-state index in [2.05, 4.69) is 5.32 Å². The van der Waals surface area contributed by atoms with Gasteiger partial charge in [-0.25, -0.2) is 13.6 Å². The first-order valence-electron chi connectivity index (χ1n) is 8.80. The van der Waals surface area contributed by atoms with Gasteiger partial charge in [0.15, 0.2) is 0 Å². The van der Waals surface area contributed by atoms with Crippen LogP contribution in [0.1, 0.15) is 52.1 Å². The smallest absolute Gasteiger partial charge is 0.410 e. The molecule has 1 aromatic rings. The van der Waals surface area contributed by atoms with Crippen molar-refractivity contribution in [2.24, 2.45) is 5.92 Å².